The van der Waals surface area contributed by atoms with E-state index in [1.54, 1.807) is 4.90 Å². The average molecular weight is 741 g/mol. The Morgan fingerprint density at radius 1 is 0.792 bits per heavy atom. The molecule has 0 N–H and O–H groups in total. The number of amides is 2. The monoisotopic (exact) mass is 740 g/mol. The van der Waals surface area contributed by atoms with Crippen molar-refractivity contribution in [2.75, 3.05) is 46.6 Å². The number of hydrogen-bond acceptors (Lipinski definition) is 8. The molecule has 3 aromatic carbocycles. The van der Waals surface area contributed by atoms with Crippen LogP contribution in [-0.4, -0.2) is 74.2 Å². The van der Waals surface area contributed by atoms with Crippen molar-refractivity contribution in [3.8, 4) is 23.0 Å². The van der Waals surface area contributed by atoms with Crippen LogP contribution in [0.4, 0.5) is 13.2 Å². The Morgan fingerprint density at radius 3 is 2.02 bits per heavy atom. The topological polar surface area (TPSA) is 104 Å². The number of alkyl halides is 3. The van der Waals surface area contributed by atoms with Gasteiger partial charge in [-0.25, -0.2) is 0 Å². The molecule has 2 aliphatic heterocycles. The van der Waals surface area contributed by atoms with Crippen molar-refractivity contribution in [1.82, 2.24) is 9.80 Å². The molecule has 2 amide bonds. The zero-order valence-electron chi connectivity index (χ0n) is 30.8. The van der Waals surface area contributed by atoms with Crippen LogP contribution in [0.5, 0.6) is 23.0 Å². The number of rotatable bonds is 14. The number of carbonyl (C=O) groups excluding carboxylic acids is 3. The van der Waals surface area contributed by atoms with Gasteiger partial charge < -0.3 is 33.5 Å². The lowest BCUT2D eigenvalue weighted by molar-refractivity contribution is -0.161. The number of piperidine rings is 1. The van der Waals surface area contributed by atoms with E-state index in [1.807, 2.05) is 58.0 Å². The Hall–Kier alpha value is -4.94. The lowest BCUT2D eigenvalue weighted by Crippen LogP contribution is -2.45. The highest BCUT2D eigenvalue weighted by Gasteiger charge is 2.41. The number of carbonyl (C=O) groups is 3. The van der Waals surface area contributed by atoms with Gasteiger partial charge in [-0.2, -0.15) is 13.2 Å². The summed E-state index contributed by atoms with van der Waals surface area (Å²) >= 11 is 0. The van der Waals surface area contributed by atoms with Gasteiger partial charge in [-0.15, -0.1) is 0 Å². The van der Waals surface area contributed by atoms with Crippen molar-refractivity contribution in [3.63, 3.8) is 0 Å². The molecule has 5 rings (SSSR count). The van der Waals surface area contributed by atoms with Gasteiger partial charge in [0.1, 0.15) is 0 Å². The van der Waals surface area contributed by atoms with Crippen LogP contribution in [0.2, 0.25) is 0 Å². The van der Waals surface area contributed by atoms with Gasteiger partial charge in [0, 0.05) is 20.0 Å². The minimum absolute atomic E-state index is 0.0596. The third-order valence-corrected chi connectivity index (χ3v) is 9.60. The normalized spacial score (nSPS) is 18.6. The van der Waals surface area contributed by atoms with Gasteiger partial charge in [0.25, 0.3) is 5.91 Å². The minimum atomic E-state index is -4.53. The van der Waals surface area contributed by atoms with Crippen molar-refractivity contribution < 1.29 is 51.2 Å². The van der Waals surface area contributed by atoms with Crippen LogP contribution < -0.4 is 18.9 Å². The van der Waals surface area contributed by atoms with Gasteiger partial charge in [-0.3, -0.25) is 14.4 Å². The van der Waals surface area contributed by atoms with E-state index in [4.69, 9.17) is 23.7 Å². The van der Waals surface area contributed by atoms with E-state index >= 15 is 0 Å². The Bertz CT molecular complexity index is 1760. The molecule has 2 heterocycles. The number of halogens is 3. The fraction of sp³-hybridized carbons (Fsp3) is 0.475. The molecule has 0 radical (unpaired) electrons. The van der Waals surface area contributed by atoms with Crippen molar-refractivity contribution in [3.05, 3.63) is 82.4 Å². The summed E-state index contributed by atoms with van der Waals surface area (Å²) in [6, 6.07) is 12.7. The summed E-state index contributed by atoms with van der Waals surface area (Å²) < 4.78 is 69.0. The number of ether oxygens (including phenoxy) is 5. The predicted molar refractivity (Wildman–Crippen MR) is 190 cm³/mol. The third kappa shape index (κ3) is 9.00. The second kappa shape index (κ2) is 17.3. The van der Waals surface area contributed by atoms with E-state index in [0.29, 0.717) is 74.4 Å². The van der Waals surface area contributed by atoms with Crippen LogP contribution in [-0.2, 0) is 38.1 Å². The summed E-state index contributed by atoms with van der Waals surface area (Å²) in [5, 5.41) is 0. The standard InChI is InChI=1S/C40H47F3N2O8/c1-6-49-32-16-10-25(21-33(32)50-7-2)20-31-30-23-35(52-9-4)34(51-8-3)22-27(30)18-19-45(31)37(47)24-53-39(48)29-15-17-36(46)44(5)38(29)26-11-13-28(14-12-26)40(41,42)43/h10-14,16,21-23,29,31,38H,6-9,15,17-20,24H2,1-5H3. The second-order valence-corrected chi connectivity index (χ2v) is 12.9. The van der Waals surface area contributed by atoms with E-state index < -0.39 is 48.2 Å². The number of benzene rings is 3. The van der Waals surface area contributed by atoms with Crippen molar-refractivity contribution in [1.29, 1.82) is 0 Å². The SMILES string of the molecule is CCOc1ccc(CC2c3cc(OCC)c(OCC)cc3CCN2C(=O)COC(=O)C2CCC(=O)N(C)C2c2ccc(C(F)(F)F)cc2)cc1OCC. The van der Waals surface area contributed by atoms with Crippen molar-refractivity contribution >= 4 is 17.8 Å². The van der Waals surface area contributed by atoms with E-state index in [0.717, 1.165) is 28.8 Å². The van der Waals surface area contributed by atoms with E-state index in [2.05, 4.69) is 0 Å². The molecule has 3 unspecified atom stereocenters. The first-order valence-corrected chi connectivity index (χ1v) is 18.1. The fourth-order valence-corrected chi connectivity index (χ4v) is 7.14. The van der Waals surface area contributed by atoms with Gasteiger partial charge in [0.05, 0.1) is 50.0 Å². The van der Waals surface area contributed by atoms with Crippen molar-refractivity contribution in [2.45, 2.75) is 71.6 Å². The molecular weight excluding hydrogens is 693 g/mol. The molecule has 0 bridgehead atoms. The first-order valence-electron chi connectivity index (χ1n) is 18.1. The first kappa shape index (κ1) is 39.3. The summed E-state index contributed by atoms with van der Waals surface area (Å²) in [5.41, 5.74) is 2.31. The minimum Gasteiger partial charge on any atom is -0.490 e. The van der Waals surface area contributed by atoms with E-state index in [9.17, 15) is 27.6 Å². The second-order valence-electron chi connectivity index (χ2n) is 12.9. The molecule has 0 aromatic heterocycles. The summed E-state index contributed by atoms with van der Waals surface area (Å²) in [7, 11) is 1.51. The average Bonchev–Trinajstić information content (AvgIpc) is 3.13. The number of likely N-dealkylation sites (tertiary alicyclic amines) is 1. The van der Waals surface area contributed by atoms with Gasteiger partial charge in [0.15, 0.2) is 29.6 Å². The number of hydrogen-bond donors (Lipinski definition) is 0. The van der Waals surface area contributed by atoms with E-state index in [1.165, 1.54) is 24.1 Å². The predicted octanol–water partition coefficient (Wildman–Crippen LogP) is 7.12. The molecule has 1 fully saturated rings. The Morgan fingerprint density at radius 2 is 1.40 bits per heavy atom. The summed E-state index contributed by atoms with van der Waals surface area (Å²) in [6.45, 7) is 9.13. The molecule has 0 saturated carbocycles. The third-order valence-electron chi connectivity index (χ3n) is 9.60. The molecule has 3 aromatic rings. The molecule has 0 spiro atoms. The van der Waals surface area contributed by atoms with Crippen LogP contribution >= 0.6 is 0 Å². The summed E-state index contributed by atoms with van der Waals surface area (Å²) in [4.78, 5) is 43.4. The molecule has 2 aliphatic rings. The molecule has 13 heteroatoms. The highest BCUT2D eigenvalue weighted by Crippen LogP contribution is 2.42. The quantitative estimate of drug-likeness (QED) is 0.161. The number of nitrogens with zero attached hydrogens (tertiary/aromatic N) is 2. The zero-order chi connectivity index (χ0) is 38.3. The Labute approximate surface area is 308 Å². The van der Waals surface area contributed by atoms with Crippen LogP contribution in [0, 0.1) is 5.92 Å². The van der Waals surface area contributed by atoms with Gasteiger partial charge in [-0.05, 0) is 106 Å². The zero-order valence-corrected chi connectivity index (χ0v) is 30.8. The van der Waals surface area contributed by atoms with Crippen LogP contribution in [0.25, 0.3) is 0 Å². The highest BCUT2D eigenvalue weighted by atomic mass is 19.4. The number of esters is 1. The van der Waals surface area contributed by atoms with E-state index in [-0.39, 0.29) is 18.7 Å². The van der Waals surface area contributed by atoms with Gasteiger partial charge in [-0.1, -0.05) is 18.2 Å². The maximum atomic E-state index is 14.1. The molecule has 0 aliphatic carbocycles. The maximum absolute atomic E-state index is 14.1. The molecular formula is C40H47F3N2O8. The highest BCUT2D eigenvalue weighted by molar-refractivity contribution is 5.85. The molecule has 10 nitrogen and oxygen atoms in total. The van der Waals surface area contributed by atoms with Crippen LogP contribution in [0.1, 0.15) is 80.4 Å². The molecule has 53 heavy (non-hydrogen) atoms. The van der Waals surface area contributed by atoms with Gasteiger partial charge in [0.2, 0.25) is 5.91 Å². The van der Waals surface area contributed by atoms with Crippen LogP contribution in [0.15, 0.2) is 54.6 Å². The summed E-state index contributed by atoms with van der Waals surface area (Å²) in [6.07, 6.45) is -3.41. The largest absolute Gasteiger partial charge is 0.490 e. The fourth-order valence-electron chi connectivity index (χ4n) is 7.14. The molecule has 1 saturated heterocycles. The smallest absolute Gasteiger partial charge is 0.416 e. The van der Waals surface area contributed by atoms with Gasteiger partial charge >= 0.3 is 12.1 Å². The lowest BCUT2D eigenvalue weighted by atomic mass is 9.84. The molecule has 286 valence electrons. The lowest BCUT2D eigenvalue weighted by Gasteiger charge is -2.39. The Balaban J connectivity index is 1.41. The summed E-state index contributed by atoms with van der Waals surface area (Å²) in [5.74, 6) is 0.149. The Kier molecular flexibility index (Phi) is 12.8. The van der Waals surface area contributed by atoms with Crippen molar-refractivity contribution in [2.24, 2.45) is 5.92 Å². The molecule has 3 atom stereocenters. The maximum Gasteiger partial charge on any atom is 0.416 e. The number of fused-ring (bicyclic) bond motifs is 1. The first-order chi connectivity index (χ1) is 25.4. The van der Waals surface area contributed by atoms with Crippen LogP contribution in [0.3, 0.4) is 0 Å².